The number of aromatic hydroxyl groups is 1. The fourth-order valence-corrected chi connectivity index (χ4v) is 2.85. The highest BCUT2D eigenvalue weighted by molar-refractivity contribution is 5.89. The fourth-order valence-electron chi connectivity index (χ4n) is 2.85. The lowest BCUT2D eigenvalue weighted by atomic mass is 10.2. The van der Waals surface area contributed by atoms with Gasteiger partial charge in [0.1, 0.15) is 5.75 Å². The molecule has 3 rings (SSSR count). The third-order valence-electron chi connectivity index (χ3n) is 4.32. The van der Waals surface area contributed by atoms with Crippen molar-refractivity contribution in [2.75, 3.05) is 12.4 Å². The predicted molar refractivity (Wildman–Crippen MR) is 104 cm³/mol. The van der Waals surface area contributed by atoms with Crippen molar-refractivity contribution in [2.24, 2.45) is 0 Å². The van der Waals surface area contributed by atoms with Gasteiger partial charge in [-0.25, -0.2) is 4.79 Å². The van der Waals surface area contributed by atoms with Gasteiger partial charge in [-0.05, 0) is 68.7 Å². The number of carbonyl (C=O) groups is 1. The van der Waals surface area contributed by atoms with E-state index in [1.807, 2.05) is 43.0 Å². The van der Waals surface area contributed by atoms with E-state index in [0.29, 0.717) is 12.3 Å². The van der Waals surface area contributed by atoms with Crippen LogP contribution >= 0.6 is 0 Å². The molecule has 0 unspecified atom stereocenters. The van der Waals surface area contributed by atoms with E-state index in [1.165, 1.54) is 7.11 Å². The number of nitrogens with one attached hydrogen (secondary N) is 1. The third kappa shape index (κ3) is 5.06. The molecule has 0 radical (unpaired) electrons. The Morgan fingerprint density at radius 1 is 1.22 bits per heavy atom. The zero-order valence-corrected chi connectivity index (χ0v) is 15.9. The lowest BCUT2D eigenvalue weighted by Crippen LogP contribution is -2.36. The van der Waals surface area contributed by atoms with E-state index in [1.54, 1.807) is 18.2 Å². The number of hydrogen-bond acceptors (Lipinski definition) is 4. The van der Waals surface area contributed by atoms with Crippen LogP contribution in [0.25, 0.3) is 0 Å². The molecule has 0 aliphatic heterocycles. The second-order valence-electron chi connectivity index (χ2n) is 6.99. The number of phenolic OH excluding ortho intramolecular Hbond substituents is 1. The van der Waals surface area contributed by atoms with Crippen molar-refractivity contribution in [3.05, 3.63) is 48.0 Å². The highest BCUT2D eigenvalue weighted by atomic mass is 16.5. The summed E-state index contributed by atoms with van der Waals surface area (Å²) in [4.78, 5) is 14.6. The number of methoxy groups -OCH3 is 1. The summed E-state index contributed by atoms with van der Waals surface area (Å²) in [5.41, 5.74) is 1.64. The topological polar surface area (TPSA) is 71.0 Å². The first-order chi connectivity index (χ1) is 13.0. The quantitative estimate of drug-likeness (QED) is 0.758. The van der Waals surface area contributed by atoms with Gasteiger partial charge < -0.3 is 24.8 Å². The Bertz CT molecular complexity index is 785. The minimum absolute atomic E-state index is 0.0902. The van der Waals surface area contributed by atoms with Crippen molar-refractivity contribution in [3.63, 3.8) is 0 Å². The first kappa shape index (κ1) is 18.9. The van der Waals surface area contributed by atoms with E-state index in [4.69, 9.17) is 9.47 Å². The Morgan fingerprint density at radius 2 is 1.93 bits per heavy atom. The molecule has 0 saturated heterocycles. The molecule has 1 fully saturated rings. The second kappa shape index (κ2) is 8.20. The van der Waals surface area contributed by atoms with Crippen LogP contribution in [0.3, 0.4) is 0 Å². The fraction of sp³-hybridized carbons (Fsp3) is 0.381. The van der Waals surface area contributed by atoms with Gasteiger partial charge in [0.05, 0.1) is 13.2 Å². The van der Waals surface area contributed by atoms with Crippen molar-refractivity contribution in [2.45, 2.75) is 45.4 Å². The molecule has 1 aliphatic carbocycles. The van der Waals surface area contributed by atoms with Crippen LogP contribution in [0.1, 0.15) is 32.3 Å². The number of nitrogens with zero attached hydrogens (tertiary/aromatic N) is 1. The highest BCUT2D eigenvalue weighted by Crippen LogP contribution is 2.31. The number of phenols is 1. The van der Waals surface area contributed by atoms with Crippen molar-refractivity contribution in [1.82, 2.24) is 4.90 Å². The maximum atomic E-state index is 12.8. The number of rotatable bonds is 7. The summed E-state index contributed by atoms with van der Waals surface area (Å²) in [5.74, 6) is 1.27. The van der Waals surface area contributed by atoms with Gasteiger partial charge in [-0.15, -0.1) is 0 Å². The van der Waals surface area contributed by atoms with Crippen LogP contribution in [-0.4, -0.2) is 35.3 Å². The number of hydrogen-bond donors (Lipinski definition) is 2. The third-order valence-corrected chi connectivity index (χ3v) is 4.32. The van der Waals surface area contributed by atoms with Crippen molar-refractivity contribution < 1.29 is 19.4 Å². The van der Waals surface area contributed by atoms with Crippen molar-refractivity contribution in [1.29, 1.82) is 0 Å². The molecule has 1 aliphatic rings. The molecule has 2 aromatic carbocycles. The van der Waals surface area contributed by atoms with Gasteiger partial charge in [0.25, 0.3) is 0 Å². The lowest BCUT2D eigenvalue weighted by Gasteiger charge is -2.23. The summed E-state index contributed by atoms with van der Waals surface area (Å²) >= 11 is 0. The van der Waals surface area contributed by atoms with E-state index in [0.717, 1.165) is 29.8 Å². The van der Waals surface area contributed by atoms with Crippen LogP contribution in [0, 0.1) is 0 Å². The first-order valence-electron chi connectivity index (χ1n) is 9.16. The molecule has 0 spiro atoms. The lowest BCUT2D eigenvalue weighted by molar-refractivity contribution is 0.206. The van der Waals surface area contributed by atoms with Gasteiger partial charge in [-0.3, -0.25) is 0 Å². The molecule has 6 nitrogen and oxygen atoms in total. The van der Waals surface area contributed by atoms with Crippen LogP contribution in [0.4, 0.5) is 10.5 Å². The summed E-state index contributed by atoms with van der Waals surface area (Å²) in [5, 5.41) is 12.7. The Balaban J connectivity index is 1.67. The highest BCUT2D eigenvalue weighted by Gasteiger charge is 2.32. The Kier molecular flexibility index (Phi) is 5.74. The van der Waals surface area contributed by atoms with Crippen LogP contribution in [0.5, 0.6) is 17.2 Å². The molecule has 27 heavy (non-hydrogen) atoms. The van der Waals surface area contributed by atoms with Crippen molar-refractivity contribution in [3.8, 4) is 17.2 Å². The smallest absolute Gasteiger partial charge is 0.322 e. The van der Waals surface area contributed by atoms with Gasteiger partial charge in [0, 0.05) is 18.3 Å². The average Bonchev–Trinajstić information content (AvgIpc) is 3.47. The summed E-state index contributed by atoms with van der Waals surface area (Å²) < 4.78 is 10.8. The minimum atomic E-state index is -0.137. The first-order valence-corrected chi connectivity index (χ1v) is 9.16. The molecule has 2 aromatic rings. The molecule has 0 atom stereocenters. The monoisotopic (exact) mass is 370 g/mol. The number of amides is 2. The molecular weight excluding hydrogens is 344 g/mol. The average molecular weight is 370 g/mol. The summed E-state index contributed by atoms with van der Waals surface area (Å²) in [6, 6.07) is 12.6. The van der Waals surface area contributed by atoms with Crippen LogP contribution < -0.4 is 14.8 Å². The maximum absolute atomic E-state index is 12.8. The van der Waals surface area contributed by atoms with E-state index in [9.17, 15) is 9.90 Å². The minimum Gasteiger partial charge on any atom is -0.504 e. The number of urea groups is 1. The zero-order chi connectivity index (χ0) is 19.4. The van der Waals surface area contributed by atoms with Gasteiger partial charge in [-0.2, -0.15) is 0 Å². The van der Waals surface area contributed by atoms with E-state index < -0.39 is 0 Å². The standard InChI is InChI=1S/C21H26N2O4/c1-14(2)27-18-9-5-16(6-10-18)22-21(25)23(17-7-8-17)13-15-4-11-19(24)20(12-15)26-3/h4-6,9-12,14,17,24H,7-8,13H2,1-3H3,(H,22,25). The van der Waals surface area contributed by atoms with Gasteiger partial charge in [0.15, 0.2) is 11.5 Å². The normalized spacial score (nSPS) is 13.3. The Morgan fingerprint density at radius 3 is 2.52 bits per heavy atom. The van der Waals surface area contributed by atoms with Crippen LogP contribution in [-0.2, 0) is 6.54 Å². The van der Waals surface area contributed by atoms with Gasteiger partial charge >= 0.3 is 6.03 Å². The van der Waals surface area contributed by atoms with E-state index in [-0.39, 0.29) is 23.9 Å². The predicted octanol–water partition coefficient (Wildman–Crippen LogP) is 4.38. The molecule has 2 N–H and O–H groups in total. The molecule has 6 heteroatoms. The number of carbonyl (C=O) groups excluding carboxylic acids is 1. The Hall–Kier alpha value is -2.89. The molecule has 0 aromatic heterocycles. The zero-order valence-electron chi connectivity index (χ0n) is 15.9. The number of ether oxygens (including phenoxy) is 2. The largest absolute Gasteiger partial charge is 0.504 e. The Labute approximate surface area is 159 Å². The van der Waals surface area contributed by atoms with Crippen LogP contribution in [0.2, 0.25) is 0 Å². The molecule has 144 valence electrons. The summed E-state index contributed by atoms with van der Waals surface area (Å²) in [6.07, 6.45) is 2.12. The summed E-state index contributed by atoms with van der Waals surface area (Å²) in [7, 11) is 1.51. The number of anilines is 1. The van der Waals surface area contributed by atoms with Gasteiger partial charge in [0.2, 0.25) is 0 Å². The number of benzene rings is 2. The van der Waals surface area contributed by atoms with Crippen LogP contribution in [0.15, 0.2) is 42.5 Å². The molecule has 1 saturated carbocycles. The molecule has 2 amide bonds. The molecular formula is C21H26N2O4. The summed E-state index contributed by atoms with van der Waals surface area (Å²) in [6.45, 7) is 4.41. The SMILES string of the molecule is COc1cc(CN(C(=O)Nc2ccc(OC(C)C)cc2)C2CC2)ccc1O. The second-order valence-corrected chi connectivity index (χ2v) is 6.99. The van der Waals surface area contributed by atoms with E-state index >= 15 is 0 Å². The van der Waals surface area contributed by atoms with E-state index in [2.05, 4.69) is 5.32 Å². The van der Waals surface area contributed by atoms with Crippen molar-refractivity contribution >= 4 is 11.7 Å². The molecule has 0 bridgehead atoms. The maximum Gasteiger partial charge on any atom is 0.322 e. The molecule has 0 heterocycles. The van der Waals surface area contributed by atoms with Gasteiger partial charge in [-0.1, -0.05) is 6.07 Å².